The van der Waals surface area contributed by atoms with Crippen LogP contribution in [0, 0.1) is 12.8 Å². The third kappa shape index (κ3) is 4.18. The van der Waals surface area contributed by atoms with Crippen molar-refractivity contribution < 1.29 is 18.8 Å². The van der Waals surface area contributed by atoms with E-state index in [-0.39, 0.29) is 29.1 Å². The lowest BCUT2D eigenvalue weighted by atomic mass is 9.87. The average Bonchev–Trinajstić information content (AvgIpc) is 3.58. The number of thioether (sulfide) groups is 1. The number of aromatic nitrogens is 1. The van der Waals surface area contributed by atoms with Crippen LogP contribution >= 0.6 is 34.7 Å². The minimum atomic E-state index is -0.791. The number of nitrogens with zero attached hydrogens (tertiary/aromatic N) is 2. The maximum absolute atomic E-state index is 13.7. The smallest absolute Gasteiger partial charge is 0.308 e. The van der Waals surface area contributed by atoms with Crippen LogP contribution in [0.4, 0.5) is 11.4 Å². The van der Waals surface area contributed by atoms with Gasteiger partial charge in [-0.05, 0) is 61.0 Å². The molecule has 3 atom stereocenters. The maximum atomic E-state index is 13.7. The number of rotatable bonds is 5. The quantitative estimate of drug-likeness (QED) is 0.345. The fourth-order valence-corrected chi connectivity index (χ4v) is 7.82. The highest BCUT2D eigenvalue weighted by molar-refractivity contribution is 8.00. The van der Waals surface area contributed by atoms with Crippen LogP contribution < -0.4 is 15.1 Å². The van der Waals surface area contributed by atoms with Crippen LogP contribution in [0.1, 0.15) is 22.1 Å². The molecule has 1 fully saturated rings. The number of benzene rings is 2. The first-order valence-corrected chi connectivity index (χ1v) is 13.8. The second-order valence-electron chi connectivity index (χ2n) is 9.09. The number of halogens is 1. The van der Waals surface area contributed by atoms with Gasteiger partial charge in [0.2, 0.25) is 17.7 Å². The van der Waals surface area contributed by atoms with Crippen molar-refractivity contribution >= 4 is 63.8 Å². The first-order chi connectivity index (χ1) is 18.3. The fourth-order valence-electron chi connectivity index (χ4n) is 4.94. The number of aryl methyl sites for hydroxylation is 1. The van der Waals surface area contributed by atoms with Gasteiger partial charge >= 0.3 is 4.87 Å². The van der Waals surface area contributed by atoms with Crippen molar-refractivity contribution in [3.8, 4) is 0 Å². The minimum Gasteiger partial charge on any atom is -0.469 e. The van der Waals surface area contributed by atoms with Crippen LogP contribution in [-0.4, -0.2) is 27.5 Å². The summed E-state index contributed by atoms with van der Waals surface area (Å²) in [4.78, 5) is 54.8. The summed E-state index contributed by atoms with van der Waals surface area (Å²) < 4.78 is 7.09. The number of hydrogen-bond acceptors (Lipinski definition) is 7. The number of thiazole rings is 1. The van der Waals surface area contributed by atoms with Crippen molar-refractivity contribution in [2.45, 2.75) is 29.7 Å². The minimum absolute atomic E-state index is 0.225. The van der Waals surface area contributed by atoms with Gasteiger partial charge in [0.1, 0.15) is 17.6 Å². The van der Waals surface area contributed by atoms with E-state index in [1.165, 1.54) is 15.7 Å². The number of imide groups is 1. The molecule has 2 aromatic heterocycles. The maximum Gasteiger partial charge on any atom is 0.308 e. The summed E-state index contributed by atoms with van der Waals surface area (Å²) in [6, 6.07) is 17.3. The SMILES string of the molecule is Cc1cccc(NC(=O)Cn2c3c(sc2=O)[C@H](c2ccco2)C2C(=O)N(c4ccc(Cl)cc4)C(=O)C2S3)c1. The molecule has 192 valence electrons. The highest BCUT2D eigenvalue weighted by atomic mass is 35.5. The Morgan fingerprint density at radius 3 is 2.55 bits per heavy atom. The Morgan fingerprint density at radius 2 is 1.84 bits per heavy atom. The molecule has 3 amide bonds. The number of furan rings is 1. The number of nitrogens with one attached hydrogen (secondary N) is 1. The fraction of sp³-hybridized carbons (Fsp3) is 0.185. The zero-order valence-electron chi connectivity index (χ0n) is 19.9. The monoisotopic (exact) mass is 565 g/mol. The predicted octanol–water partition coefficient (Wildman–Crippen LogP) is 4.90. The first-order valence-electron chi connectivity index (χ1n) is 11.8. The van der Waals surface area contributed by atoms with Crippen molar-refractivity contribution in [1.82, 2.24) is 4.57 Å². The van der Waals surface area contributed by atoms with Gasteiger partial charge in [-0.1, -0.05) is 46.8 Å². The molecule has 0 saturated carbocycles. The Morgan fingerprint density at radius 1 is 1.05 bits per heavy atom. The van der Waals surface area contributed by atoms with E-state index in [1.807, 2.05) is 25.1 Å². The normalized spacial score (nSPS) is 20.4. The van der Waals surface area contributed by atoms with Gasteiger partial charge in [-0.3, -0.25) is 23.7 Å². The Labute approximate surface area is 230 Å². The van der Waals surface area contributed by atoms with Crippen LogP contribution in [0.5, 0.6) is 0 Å². The van der Waals surface area contributed by atoms with Gasteiger partial charge in [-0.15, -0.1) is 0 Å². The lowest BCUT2D eigenvalue weighted by molar-refractivity contribution is -0.122. The van der Waals surface area contributed by atoms with Gasteiger partial charge in [0.25, 0.3) is 0 Å². The van der Waals surface area contributed by atoms with Crippen molar-refractivity contribution in [3.05, 3.63) is 97.8 Å². The summed E-state index contributed by atoms with van der Waals surface area (Å²) in [6.45, 7) is 1.70. The topological polar surface area (TPSA) is 102 Å². The van der Waals surface area contributed by atoms with Crippen LogP contribution in [0.2, 0.25) is 5.02 Å². The molecule has 0 radical (unpaired) electrons. The Bertz CT molecular complexity index is 1630. The second-order valence-corrected chi connectivity index (χ2v) is 11.6. The van der Waals surface area contributed by atoms with E-state index in [4.69, 9.17) is 16.0 Å². The van der Waals surface area contributed by atoms with Crippen molar-refractivity contribution in [1.29, 1.82) is 0 Å². The molecule has 8 nitrogen and oxygen atoms in total. The summed E-state index contributed by atoms with van der Waals surface area (Å²) >= 11 is 8.14. The number of hydrogen-bond donors (Lipinski definition) is 1. The molecule has 1 saturated heterocycles. The zero-order valence-corrected chi connectivity index (χ0v) is 22.3. The molecule has 11 heteroatoms. The van der Waals surface area contributed by atoms with Gasteiger partial charge in [0, 0.05) is 10.7 Å². The molecule has 4 aromatic rings. The summed E-state index contributed by atoms with van der Waals surface area (Å²) in [5.41, 5.74) is 2.05. The van der Waals surface area contributed by atoms with Gasteiger partial charge in [0.05, 0.1) is 33.7 Å². The molecule has 1 N–H and O–H groups in total. The number of amides is 3. The van der Waals surface area contributed by atoms with Gasteiger partial charge in [-0.2, -0.15) is 0 Å². The number of fused-ring (bicyclic) bond motifs is 2. The third-order valence-electron chi connectivity index (χ3n) is 6.59. The lowest BCUT2D eigenvalue weighted by Crippen LogP contribution is -2.32. The van der Waals surface area contributed by atoms with Crippen molar-refractivity contribution in [3.63, 3.8) is 0 Å². The average molecular weight is 566 g/mol. The molecule has 2 aliphatic heterocycles. The molecule has 0 spiro atoms. The molecule has 38 heavy (non-hydrogen) atoms. The van der Waals surface area contributed by atoms with Gasteiger partial charge < -0.3 is 9.73 Å². The Hall–Kier alpha value is -3.60. The second kappa shape index (κ2) is 9.61. The first kappa shape index (κ1) is 24.7. The largest absolute Gasteiger partial charge is 0.469 e. The van der Waals surface area contributed by atoms with Crippen molar-refractivity contribution in [2.24, 2.45) is 5.92 Å². The summed E-state index contributed by atoms with van der Waals surface area (Å²) in [5, 5.41) is 3.03. The van der Waals surface area contributed by atoms with Crippen LogP contribution in [0.3, 0.4) is 0 Å². The molecular weight excluding hydrogens is 546 g/mol. The van der Waals surface area contributed by atoms with E-state index in [0.29, 0.717) is 32.1 Å². The molecule has 2 unspecified atom stereocenters. The van der Waals surface area contributed by atoms with E-state index >= 15 is 0 Å². The van der Waals surface area contributed by atoms with E-state index in [0.717, 1.165) is 28.7 Å². The van der Waals surface area contributed by atoms with E-state index < -0.39 is 17.1 Å². The van der Waals surface area contributed by atoms with Gasteiger partial charge in [-0.25, -0.2) is 4.90 Å². The molecule has 4 heterocycles. The molecule has 2 aromatic carbocycles. The summed E-state index contributed by atoms with van der Waals surface area (Å²) in [7, 11) is 0. The zero-order chi connectivity index (χ0) is 26.6. The molecule has 0 aliphatic carbocycles. The van der Waals surface area contributed by atoms with Crippen LogP contribution in [0.25, 0.3) is 0 Å². The van der Waals surface area contributed by atoms with E-state index in [9.17, 15) is 19.2 Å². The molecule has 2 aliphatic rings. The number of carbonyl (C=O) groups excluding carboxylic acids is 3. The van der Waals surface area contributed by atoms with Crippen LogP contribution in [-0.2, 0) is 20.9 Å². The highest BCUT2D eigenvalue weighted by Crippen LogP contribution is 2.53. The predicted molar refractivity (Wildman–Crippen MR) is 146 cm³/mol. The van der Waals surface area contributed by atoms with Crippen molar-refractivity contribution in [2.75, 3.05) is 10.2 Å². The summed E-state index contributed by atoms with van der Waals surface area (Å²) in [6.07, 6.45) is 1.50. The van der Waals surface area contributed by atoms with E-state index in [2.05, 4.69) is 5.32 Å². The molecule has 0 bridgehead atoms. The van der Waals surface area contributed by atoms with E-state index in [1.54, 1.807) is 42.5 Å². The number of anilines is 2. The molecular formula is C27H20ClN3O5S2. The van der Waals surface area contributed by atoms with Crippen LogP contribution in [0.15, 0.2) is 81.2 Å². The molecule has 6 rings (SSSR count). The van der Waals surface area contributed by atoms with Gasteiger partial charge in [0.15, 0.2) is 0 Å². The summed E-state index contributed by atoms with van der Waals surface area (Å²) in [5.74, 6) is -2.05. The standard InChI is InChI=1S/C27H20ClN3O5S2/c1-14-4-2-5-16(12-14)29-19(32)13-30-26-23(38-27(30)35)20(18-6-3-11-36-18)21-22(37-26)25(34)31(24(21)33)17-9-7-15(28)8-10-17/h2-12,20-22H,13H2,1H3,(H,29,32)/t20-,21?,22?/m1/s1. The highest BCUT2D eigenvalue weighted by Gasteiger charge is 2.57. The third-order valence-corrected chi connectivity index (χ3v) is 9.44. The Balaban J connectivity index is 1.38. The number of carbonyl (C=O) groups is 3. The lowest BCUT2D eigenvalue weighted by Gasteiger charge is -2.29. The Kier molecular flexibility index (Phi) is 6.25.